The van der Waals surface area contributed by atoms with Gasteiger partial charge in [-0.05, 0) is 19.4 Å². The third-order valence-electron chi connectivity index (χ3n) is 2.34. The molecule has 0 bridgehead atoms. The number of sulfonamides is 1. The molecular formula is C10H13BrN2O4S. The minimum absolute atomic E-state index is 0.0497. The van der Waals surface area contributed by atoms with E-state index in [9.17, 15) is 18.5 Å². The van der Waals surface area contributed by atoms with E-state index in [4.69, 9.17) is 0 Å². The summed E-state index contributed by atoms with van der Waals surface area (Å²) in [7, 11) is -3.69. The first-order valence-electron chi connectivity index (χ1n) is 5.20. The third-order valence-corrected chi connectivity index (χ3v) is 4.51. The van der Waals surface area contributed by atoms with Gasteiger partial charge >= 0.3 is 0 Å². The van der Waals surface area contributed by atoms with Gasteiger partial charge in [-0.2, -0.15) is 0 Å². The van der Waals surface area contributed by atoms with Crippen LogP contribution in [-0.2, 0) is 10.0 Å². The Hall–Kier alpha value is -0.990. The van der Waals surface area contributed by atoms with Crippen molar-refractivity contribution < 1.29 is 13.3 Å². The second kappa shape index (κ2) is 6.26. The van der Waals surface area contributed by atoms with Crippen LogP contribution in [0.2, 0.25) is 0 Å². The molecule has 0 aliphatic heterocycles. The molecule has 8 heteroatoms. The standard InChI is InChI=1S/C10H13BrN2O4S/c1-8-9(13(14)15)4-2-5-10(8)18(16,17)12-7-3-6-11/h2,4-5,12H,3,6-7H2,1H3. The van der Waals surface area contributed by atoms with Crippen molar-refractivity contribution in [3.05, 3.63) is 33.9 Å². The second-order valence-corrected chi connectivity index (χ2v) is 6.13. The number of nitrogens with zero attached hydrogens (tertiary/aromatic N) is 1. The predicted molar refractivity (Wildman–Crippen MR) is 71.4 cm³/mol. The van der Waals surface area contributed by atoms with Crippen LogP contribution in [0.3, 0.4) is 0 Å². The monoisotopic (exact) mass is 336 g/mol. The van der Waals surface area contributed by atoms with Crippen molar-refractivity contribution in [1.29, 1.82) is 0 Å². The molecule has 18 heavy (non-hydrogen) atoms. The van der Waals surface area contributed by atoms with Crippen LogP contribution in [0.25, 0.3) is 0 Å². The summed E-state index contributed by atoms with van der Waals surface area (Å²) in [5.41, 5.74) is -0.0489. The van der Waals surface area contributed by atoms with E-state index < -0.39 is 14.9 Å². The minimum atomic E-state index is -3.69. The fourth-order valence-corrected chi connectivity index (χ4v) is 3.06. The first-order chi connectivity index (χ1) is 8.40. The van der Waals surface area contributed by atoms with Crippen molar-refractivity contribution >= 4 is 31.6 Å². The van der Waals surface area contributed by atoms with Gasteiger partial charge in [0.2, 0.25) is 10.0 Å². The Balaban J connectivity index is 3.09. The zero-order valence-electron chi connectivity index (χ0n) is 9.72. The molecule has 0 aliphatic carbocycles. The third kappa shape index (κ3) is 3.50. The number of hydrogen-bond donors (Lipinski definition) is 1. The highest BCUT2D eigenvalue weighted by molar-refractivity contribution is 9.09. The van der Waals surface area contributed by atoms with Crippen LogP contribution in [0, 0.1) is 17.0 Å². The summed E-state index contributed by atoms with van der Waals surface area (Å²) in [5, 5.41) is 11.4. The van der Waals surface area contributed by atoms with Crippen molar-refractivity contribution in [2.24, 2.45) is 0 Å². The Bertz CT molecular complexity index is 545. The first kappa shape index (κ1) is 15.1. The molecule has 0 saturated carbocycles. The molecule has 0 aromatic heterocycles. The summed E-state index contributed by atoms with van der Waals surface area (Å²) >= 11 is 3.19. The quantitative estimate of drug-likeness (QED) is 0.372. The smallest absolute Gasteiger partial charge is 0.258 e. The van der Waals surface area contributed by atoms with E-state index in [1.54, 1.807) is 0 Å². The average molecular weight is 337 g/mol. The Morgan fingerprint density at radius 1 is 1.44 bits per heavy atom. The van der Waals surface area contributed by atoms with E-state index in [1.807, 2.05) is 0 Å². The van der Waals surface area contributed by atoms with Crippen molar-refractivity contribution in [2.45, 2.75) is 18.2 Å². The van der Waals surface area contributed by atoms with E-state index in [-0.39, 0.29) is 22.7 Å². The normalized spacial score (nSPS) is 11.4. The summed E-state index contributed by atoms with van der Waals surface area (Å²) in [6.07, 6.45) is 0.646. The average Bonchev–Trinajstić information content (AvgIpc) is 2.28. The van der Waals surface area contributed by atoms with E-state index in [1.165, 1.54) is 25.1 Å². The Kier molecular flexibility index (Phi) is 5.24. The molecule has 0 unspecified atom stereocenters. The van der Waals surface area contributed by atoms with Gasteiger partial charge in [0.1, 0.15) is 0 Å². The Labute approximate surface area is 114 Å². The Morgan fingerprint density at radius 3 is 2.67 bits per heavy atom. The summed E-state index contributed by atoms with van der Waals surface area (Å²) in [4.78, 5) is 10.1. The van der Waals surface area contributed by atoms with Gasteiger partial charge in [-0.15, -0.1) is 0 Å². The molecule has 1 rings (SSSR count). The SMILES string of the molecule is Cc1c([N+](=O)[O-])cccc1S(=O)(=O)NCCCBr. The molecule has 0 heterocycles. The molecule has 0 aliphatic rings. The van der Waals surface area contributed by atoms with E-state index in [0.717, 1.165) is 0 Å². The number of nitro benzene ring substituents is 1. The maximum absolute atomic E-state index is 12.0. The van der Waals surface area contributed by atoms with Crippen LogP contribution in [-0.4, -0.2) is 25.2 Å². The number of nitrogens with one attached hydrogen (secondary N) is 1. The molecule has 100 valence electrons. The maximum Gasteiger partial charge on any atom is 0.273 e. The summed E-state index contributed by atoms with van der Waals surface area (Å²) in [6.45, 7) is 1.72. The van der Waals surface area contributed by atoms with Crippen LogP contribution in [0.5, 0.6) is 0 Å². The number of benzene rings is 1. The van der Waals surface area contributed by atoms with Crippen LogP contribution < -0.4 is 4.72 Å². The fourth-order valence-electron chi connectivity index (χ4n) is 1.44. The lowest BCUT2D eigenvalue weighted by molar-refractivity contribution is -0.385. The lowest BCUT2D eigenvalue weighted by Crippen LogP contribution is -2.25. The van der Waals surface area contributed by atoms with Crippen LogP contribution in [0.1, 0.15) is 12.0 Å². The molecule has 6 nitrogen and oxygen atoms in total. The highest BCUT2D eigenvalue weighted by atomic mass is 79.9. The second-order valence-electron chi connectivity index (χ2n) is 3.60. The summed E-state index contributed by atoms with van der Waals surface area (Å²) in [5.74, 6) is 0. The van der Waals surface area contributed by atoms with Gasteiger partial charge in [-0.25, -0.2) is 13.1 Å². The van der Waals surface area contributed by atoms with Gasteiger partial charge in [0.15, 0.2) is 0 Å². The highest BCUT2D eigenvalue weighted by Gasteiger charge is 2.22. The lowest BCUT2D eigenvalue weighted by atomic mass is 10.2. The van der Waals surface area contributed by atoms with E-state index in [0.29, 0.717) is 11.8 Å². The highest BCUT2D eigenvalue weighted by Crippen LogP contribution is 2.24. The fraction of sp³-hybridized carbons (Fsp3) is 0.400. The van der Waals surface area contributed by atoms with Gasteiger partial charge in [0, 0.05) is 23.5 Å². The van der Waals surface area contributed by atoms with Crippen molar-refractivity contribution in [1.82, 2.24) is 4.72 Å². The van der Waals surface area contributed by atoms with Crippen molar-refractivity contribution in [3.63, 3.8) is 0 Å². The lowest BCUT2D eigenvalue weighted by Gasteiger charge is -2.08. The van der Waals surface area contributed by atoms with Crippen LogP contribution >= 0.6 is 15.9 Å². The first-order valence-corrected chi connectivity index (χ1v) is 7.80. The van der Waals surface area contributed by atoms with Crippen molar-refractivity contribution in [2.75, 3.05) is 11.9 Å². The van der Waals surface area contributed by atoms with Gasteiger partial charge in [-0.1, -0.05) is 22.0 Å². The van der Waals surface area contributed by atoms with E-state index >= 15 is 0 Å². The molecular weight excluding hydrogens is 324 g/mol. The predicted octanol–water partition coefficient (Wildman–Crippen LogP) is 1.97. The number of hydrogen-bond acceptors (Lipinski definition) is 4. The molecule has 1 N–H and O–H groups in total. The maximum atomic E-state index is 12.0. The van der Waals surface area contributed by atoms with Gasteiger partial charge in [0.05, 0.1) is 9.82 Å². The molecule has 0 fully saturated rings. The topological polar surface area (TPSA) is 89.3 Å². The van der Waals surface area contributed by atoms with Crippen LogP contribution in [0.4, 0.5) is 5.69 Å². The largest absolute Gasteiger partial charge is 0.273 e. The molecule has 0 radical (unpaired) electrons. The van der Waals surface area contributed by atoms with Gasteiger partial charge in [0.25, 0.3) is 5.69 Å². The molecule has 1 aromatic rings. The van der Waals surface area contributed by atoms with Gasteiger partial charge < -0.3 is 0 Å². The molecule has 0 amide bonds. The number of nitro groups is 1. The summed E-state index contributed by atoms with van der Waals surface area (Å²) < 4.78 is 26.3. The number of rotatable bonds is 6. The van der Waals surface area contributed by atoms with Crippen LogP contribution in [0.15, 0.2) is 23.1 Å². The number of halogens is 1. The molecule has 1 aromatic carbocycles. The minimum Gasteiger partial charge on any atom is -0.258 e. The zero-order chi connectivity index (χ0) is 13.8. The molecule has 0 saturated heterocycles. The van der Waals surface area contributed by atoms with Crippen molar-refractivity contribution in [3.8, 4) is 0 Å². The summed E-state index contributed by atoms with van der Waals surface area (Å²) in [6, 6.07) is 4.01. The zero-order valence-corrected chi connectivity index (χ0v) is 12.1. The number of alkyl halides is 1. The Morgan fingerprint density at radius 2 is 2.11 bits per heavy atom. The molecule has 0 spiro atoms. The van der Waals surface area contributed by atoms with Gasteiger partial charge in [-0.3, -0.25) is 10.1 Å². The van der Waals surface area contributed by atoms with E-state index in [2.05, 4.69) is 20.7 Å². The molecule has 0 atom stereocenters.